The summed E-state index contributed by atoms with van der Waals surface area (Å²) in [6.07, 6.45) is -0.553. The van der Waals surface area contributed by atoms with E-state index in [-0.39, 0.29) is 69.8 Å². The van der Waals surface area contributed by atoms with Crippen LogP contribution in [0.2, 0.25) is 5.04 Å². The van der Waals surface area contributed by atoms with Crippen LogP contribution >= 0.6 is 0 Å². The van der Waals surface area contributed by atoms with E-state index in [0.29, 0.717) is 19.6 Å². The van der Waals surface area contributed by atoms with Crippen LogP contribution in [0.5, 0.6) is 0 Å². The zero-order valence-electron chi connectivity index (χ0n) is 30.2. The van der Waals surface area contributed by atoms with Crippen molar-refractivity contribution >= 4 is 24.7 Å². The number of hydrogen-bond donors (Lipinski definition) is 2. The van der Waals surface area contributed by atoms with E-state index >= 15 is 0 Å². The van der Waals surface area contributed by atoms with Gasteiger partial charge < -0.3 is 43.1 Å². The van der Waals surface area contributed by atoms with E-state index in [9.17, 15) is 9.90 Å². The van der Waals surface area contributed by atoms with E-state index in [1.807, 2.05) is 37.3 Å². The molecule has 0 aliphatic rings. The number of rotatable bonds is 25. The van der Waals surface area contributed by atoms with Crippen LogP contribution in [0.25, 0.3) is 0 Å². The second kappa shape index (κ2) is 22.1. The number of aliphatic hydroxyl groups is 1. The van der Waals surface area contributed by atoms with Gasteiger partial charge in [0.2, 0.25) is 0 Å². The van der Waals surface area contributed by atoms with E-state index in [1.165, 1.54) is 10.4 Å². The van der Waals surface area contributed by atoms with Crippen LogP contribution in [0.1, 0.15) is 53.0 Å². The molecule has 2 N–H and O–H groups in total. The summed E-state index contributed by atoms with van der Waals surface area (Å²) < 4.78 is 41.8. The molecule has 0 saturated carbocycles. The third kappa shape index (κ3) is 14.0. The van der Waals surface area contributed by atoms with E-state index in [2.05, 4.69) is 88.4 Å². The van der Waals surface area contributed by atoms with Gasteiger partial charge >= 0.3 is 5.97 Å². The quantitative estimate of drug-likeness (QED) is 0.0693. The van der Waals surface area contributed by atoms with Crippen LogP contribution < -0.4 is 10.4 Å². The third-order valence-corrected chi connectivity index (χ3v) is 13.4. The highest BCUT2D eigenvalue weighted by Gasteiger charge is 2.51. The molecule has 0 amide bonds. The third-order valence-electron chi connectivity index (χ3n) is 8.20. The predicted molar refractivity (Wildman–Crippen MR) is 195 cm³/mol. The molecule has 3 aromatic carbocycles. The predicted octanol–water partition coefficient (Wildman–Crippen LogP) is 5.15. The van der Waals surface area contributed by atoms with Gasteiger partial charge in [0.15, 0.2) is 0 Å². The summed E-state index contributed by atoms with van der Waals surface area (Å²) in [5.41, 5.74) is 1.12. The molecule has 11 heteroatoms. The van der Waals surface area contributed by atoms with E-state index in [4.69, 9.17) is 38.0 Å². The summed E-state index contributed by atoms with van der Waals surface area (Å²) in [5.74, 6) is -0.940. The molecule has 0 heterocycles. The summed E-state index contributed by atoms with van der Waals surface area (Å²) >= 11 is 0. The maximum absolute atomic E-state index is 10.7. The molecule has 10 nitrogen and oxygen atoms in total. The Morgan fingerprint density at radius 2 is 1.16 bits per heavy atom. The van der Waals surface area contributed by atoms with Crippen molar-refractivity contribution < 1.29 is 47.9 Å². The van der Waals surface area contributed by atoms with Crippen LogP contribution in [0.15, 0.2) is 91.0 Å². The Balaban J connectivity index is 1.49. The smallest absolute Gasteiger partial charge is 0.303 e. The Labute approximate surface area is 298 Å². The van der Waals surface area contributed by atoms with Gasteiger partial charge in [-0.1, -0.05) is 112 Å². The number of aliphatic hydroxyl groups excluding tert-OH is 1. The van der Waals surface area contributed by atoms with Crippen LogP contribution in [0.4, 0.5) is 0 Å². The van der Waals surface area contributed by atoms with Crippen molar-refractivity contribution in [3.63, 3.8) is 0 Å². The van der Waals surface area contributed by atoms with E-state index in [0.717, 1.165) is 5.56 Å². The standard InChI is InChI=1S/C39H56O10Si/c1-31(25-43-29-47-34(24-40)21-22-38(41)42)46-28-45-27-35(23-33-15-9-6-10-16-33)48-30-44-26-32(2)49-50(39(3,4)5,36-17-11-7-12-18-36)37-19-13-8-14-20-37/h6-20,31-32,34-35,40H,21-30H2,1-5H3,(H,41,42)/t31-,32-,34-,35-/m1/s1. The van der Waals surface area contributed by atoms with Crippen LogP contribution in [0.3, 0.4) is 0 Å². The molecule has 0 unspecified atom stereocenters. The monoisotopic (exact) mass is 712 g/mol. The van der Waals surface area contributed by atoms with Crippen molar-refractivity contribution in [2.75, 3.05) is 46.8 Å². The summed E-state index contributed by atoms with van der Waals surface area (Å²) in [6, 6.07) is 31.2. The minimum absolute atomic E-state index is 0.0438. The molecule has 3 rings (SSSR count). The largest absolute Gasteiger partial charge is 0.481 e. The number of carboxylic acid groups (broad SMARTS) is 1. The van der Waals surface area contributed by atoms with Gasteiger partial charge in [0.1, 0.15) is 20.4 Å². The van der Waals surface area contributed by atoms with E-state index < -0.39 is 20.4 Å². The highest BCUT2D eigenvalue weighted by atomic mass is 28.4. The van der Waals surface area contributed by atoms with Gasteiger partial charge in [0, 0.05) is 12.8 Å². The average molecular weight is 713 g/mol. The lowest BCUT2D eigenvalue weighted by Gasteiger charge is -2.44. The van der Waals surface area contributed by atoms with Crippen molar-refractivity contribution in [3.05, 3.63) is 96.6 Å². The lowest BCUT2D eigenvalue weighted by molar-refractivity contribution is -0.163. The van der Waals surface area contributed by atoms with Gasteiger partial charge in [-0.05, 0) is 41.2 Å². The highest BCUT2D eigenvalue weighted by molar-refractivity contribution is 6.99. The van der Waals surface area contributed by atoms with Crippen molar-refractivity contribution in [1.82, 2.24) is 0 Å². The van der Waals surface area contributed by atoms with Gasteiger partial charge in [0.05, 0.1) is 50.8 Å². The lowest BCUT2D eigenvalue weighted by atomic mass is 10.1. The molecular formula is C39H56O10Si. The topological polar surface area (TPSA) is 122 Å². The van der Waals surface area contributed by atoms with Gasteiger partial charge in [-0.15, -0.1) is 0 Å². The zero-order valence-corrected chi connectivity index (χ0v) is 31.2. The van der Waals surface area contributed by atoms with E-state index in [1.54, 1.807) is 0 Å². The Morgan fingerprint density at radius 1 is 0.680 bits per heavy atom. The number of ether oxygens (including phenoxy) is 6. The SMILES string of the molecule is C[C@H](COCO[C@@H](CO)CCC(=O)O)OCOC[C@@H](Cc1ccccc1)OCOC[C@@H](C)O[Si](c1ccccc1)(c1ccccc1)C(C)(C)C. The summed E-state index contributed by atoms with van der Waals surface area (Å²) in [7, 11) is -2.70. The molecule has 50 heavy (non-hydrogen) atoms. The molecule has 0 aliphatic heterocycles. The Morgan fingerprint density at radius 3 is 1.68 bits per heavy atom. The summed E-state index contributed by atoms with van der Waals surface area (Å²) in [4.78, 5) is 10.7. The first-order chi connectivity index (χ1) is 24.0. The Hall–Kier alpha value is -2.97. The molecule has 0 radical (unpaired) electrons. The number of carboxylic acids is 1. The molecule has 0 aliphatic carbocycles. The molecule has 0 bridgehead atoms. The van der Waals surface area contributed by atoms with Crippen molar-refractivity contribution in [2.24, 2.45) is 0 Å². The van der Waals surface area contributed by atoms with Crippen molar-refractivity contribution in [1.29, 1.82) is 0 Å². The first-order valence-corrected chi connectivity index (χ1v) is 19.2. The van der Waals surface area contributed by atoms with Crippen molar-refractivity contribution in [3.8, 4) is 0 Å². The van der Waals surface area contributed by atoms with Gasteiger partial charge in [-0.3, -0.25) is 4.79 Å². The molecule has 4 atom stereocenters. The summed E-state index contributed by atoms with van der Waals surface area (Å²) in [5, 5.41) is 20.4. The first kappa shape index (κ1) is 41.4. The number of carbonyl (C=O) groups is 1. The van der Waals surface area contributed by atoms with Gasteiger partial charge in [-0.2, -0.15) is 0 Å². The minimum atomic E-state index is -2.70. The Kier molecular flexibility index (Phi) is 18.3. The van der Waals surface area contributed by atoms with Crippen LogP contribution in [0, 0.1) is 0 Å². The molecule has 0 aromatic heterocycles. The fourth-order valence-electron chi connectivity index (χ4n) is 5.69. The van der Waals surface area contributed by atoms with Crippen molar-refractivity contribution in [2.45, 2.75) is 83.3 Å². The molecule has 0 fully saturated rings. The average Bonchev–Trinajstić information content (AvgIpc) is 3.11. The van der Waals surface area contributed by atoms with Gasteiger partial charge in [-0.25, -0.2) is 0 Å². The normalized spacial score (nSPS) is 14.6. The second-order valence-corrected chi connectivity index (χ2v) is 17.7. The zero-order chi connectivity index (χ0) is 36.2. The minimum Gasteiger partial charge on any atom is -0.481 e. The Bertz CT molecular complexity index is 1280. The van der Waals surface area contributed by atoms with Gasteiger partial charge in [0.25, 0.3) is 8.32 Å². The number of hydrogen-bond acceptors (Lipinski definition) is 9. The fourth-order valence-corrected chi connectivity index (χ4v) is 10.4. The van der Waals surface area contributed by atoms with Crippen LogP contribution in [-0.2, 0) is 44.1 Å². The maximum atomic E-state index is 10.7. The molecule has 0 saturated heterocycles. The second-order valence-electron chi connectivity index (χ2n) is 13.4. The number of aliphatic carboxylic acids is 1. The van der Waals surface area contributed by atoms with Crippen LogP contribution in [-0.4, -0.2) is 95.7 Å². The molecule has 3 aromatic rings. The molecule has 0 spiro atoms. The number of benzene rings is 3. The lowest BCUT2D eigenvalue weighted by Crippen LogP contribution is -2.67. The first-order valence-electron chi connectivity index (χ1n) is 17.3. The molecular weight excluding hydrogens is 657 g/mol. The maximum Gasteiger partial charge on any atom is 0.303 e. The summed E-state index contributed by atoms with van der Waals surface area (Å²) in [6.45, 7) is 11.4. The highest BCUT2D eigenvalue weighted by Crippen LogP contribution is 2.37. The fraction of sp³-hybridized carbons (Fsp3) is 0.513. The molecule has 276 valence electrons.